The topological polar surface area (TPSA) is 0 Å². The normalized spacial score (nSPS) is 28.7. The first-order chi connectivity index (χ1) is 6.84. The number of alkyl halides is 1. The fourth-order valence-electron chi connectivity index (χ4n) is 2.26. The standard InChI is InChI=1S/C12H23ClS/c1-2-14-10-6-8-11-7-4-3-5-9-12(11)13/h11-12H,2-10H2,1H3. The minimum atomic E-state index is 0.476. The van der Waals surface area contributed by atoms with E-state index in [0.29, 0.717) is 5.38 Å². The molecular weight excluding hydrogens is 212 g/mol. The van der Waals surface area contributed by atoms with Crippen molar-refractivity contribution in [3.8, 4) is 0 Å². The van der Waals surface area contributed by atoms with Crippen molar-refractivity contribution in [1.82, 2.24) is 0 Å². The molecule has 0 heterocycles. The second kappa shape index (κ2) is 7.87. The first-order valence-corrected chi connectivity index (χ1v) is 7.65. The fourth-order valence-corrected chi connectivity index (χ4v) is 3.32. The van der Waals surface area contributed by atoms with Gasteiger partial charge in [-0.1, -0.05) is 26.2 Å². The molecule has 1 aliphatic rings. The zero-order valence-corrected chi connectivity index (χ0v) is 10.9. The molecule has 2 atom stereocenters. The molecule has 0 spiro atoms. The summed E-state index contributed by atoms with van der Waals surface area (Å²) in [6, 6.07) is 0. The Hall–Kier alpha value is 0.640. The molecule has 0 aromatic rings. The summed E-state index contributed by atoms with van der Waals surface area (Å²) in [5.74, 6) is 3.41. The number of halogens is 1. The van der Waals surface area contributed by atoms with Gasteiger partial charge in [0.25, 0.3) is 0 Å². The summed E-state index contributed by atoms with van der Waals surface area (Å²) < 4.78 is 0. The molecule has 2 unspecified atom stereocenters. The van der Waals surface area contributed by atoms with E-state index in [2.05, 4.69) is 18.7 Å². The van der Waals surface area contributed by atoms with Crippen LogP contribution in [-0.4, -0.2) is 16.9 Å². The van der Waals surface area contributed by atoms with Crippen LogP contribution >= 0.6 is 23.4 Å². The minimum absolute atomic E-state index is 0.476. The molecule has 0 radical (unpaired) electrons. The molecule has 1 fully saturated rings. The second-order valence-corrected chi connectivity index (χ2v) is 6.21. The lowest BCUT2D eigenvalue weighted by molar-refractivity contribution is 0.431. The summed E-state index contributed by atoms with van der Waals surface area (Å²) in [6.07, 6.45) is 9.54. The first kappa shape index (κ1) is 12.7. The van der Waals surface area contributed by atoms with E-state index in [-0.39, 0.29) is 0 Å². The van der Waals surface area contributed by atoms with Crippen molar-refractivity contribution >= 4 is 23.4 Å². The highest BCUT2D eigenvalue weighted by Crippen LogP contribution is 2.30. The smallest absolute Gasteiger partial charge is 0.0364 e. The molecule has 0 aromatic heterocycles. The van der Waals surface area contributed by atoms with Crippen LogP contribution in [0.15, 0.2) is 0 Å². The Bertz CT molecular complexity index is 138. The molecule has 0 aliphatic heterocycles. The van der Waals surface area contributed by atoms with Crippen molar-refractivity contribution < 1.29 is 0 Å². The number of thioether (sulfide) groups is 1. The molecule has 0 N–H and O–H groups in total. The van der Waals surface area contributed by atoms with Gasteiger partial charge in [-0.2, -0.15) is 11.8 Å². The van der Waals surface area contributed by atoms with E-state index in [4.69, 9.17) is 11.6 Å². The molecule has 0 bridgehead atoms. The first-order valence-electron chi connectivity index (χ1n) is 6.06. The van der Waals surface area contributed by atoms with Gasteiger partial charge < -0.3 is 0 Å². The molecule has 2 heteroatoms. The molecule has 1 aliphatic carbocycles. The van der Waals surface area contributed by atoms with Gasteiger partial charge in [0.15, 0.2) is 0 Å². The van der Waals surface area contributed by atoms with Crippen LogP contribution in [0.1, 0.15) is 51.9 Å². The monoisotopic (exact) mass is 234 g/mol. The molecular formula is C12H23ClS. The highest BCUT2D eigenvalue weighted by Gasteiger charge is 2.20. The summed E-state index contributed by atoms with van der Waals surface area (Å²) in [5.41, 5.74) is 0. The Balaban J connectivity index is 2.13. The molecule has 1 saturated carbocycles. The molecule has 84 valence electrons. The summed E-state index contributed by atoms with van der Waals surface area (Å²) in [6.45, 7) is 2.24. The lowest BCUT2D eigenvalue weighted by Crippen LogP contribution is -2.13. The van der Waals surface area contributed by atoms with Gasteiger partial charge in [-0.25, -0.2) is 0 Å². The van der Waals surface area contributed by atoms with E-state index < -0.39 is 0 Å². The molecule has 0 aromatic carbocycles. The Morgan fingerprint density at radius 1 is 1.21 bits per heavy atom. The van der Waals surface area contributed by atoms with Gasteiger partial charge in [0, 0.05) is 5.38 Å². The van der Waals surface area contributed by atoms with Crippen LogP contribution in [0.5, 0.6) is 0 Å². The predicted molar refractivity (Wildman–Crippen MR) is 68.4 cm³/mol. The fraction of sp³-hybridized carbons (Fsp3) is 1.00. The highest BCUT2D eigenvalue weighted by atomic mass is 35.5. The molecule has 0 saturated heterocycles. The lowest BCUT2D eigenvalue weighted by Gasteiger charge is -2.19. The maximum atomic E-state index is 6.39. The summed E-state index contributed by atoms with van der Waals surface area (Å²) >= 11 is 8.45. The molecule has 0 nitrogen and oxygen atoms in total. The van der Waals surface area contributed by atoms with Gasteiger partial charge >= 0.3 is 0 Å². The summed E-state index contributed by atoms with van der Waals surface area (Å²) in [4.78, 5) is 0. The third kappa shape index (κ3) is 4.93. The third-order valence-electron chi connectivity index (χ3n) is 3.13. The van der Waals surface area contributed by atoms with E-state index >= 15 is 0 Å². The van der Waals surface area contributed by atoms with E-state index in [1.807, 2.05) is 0 Å². The summed E-state index contributed by atoms with van der Waals surface area (Å²) in [5, 5.41) is 0.476. The second-order valence-electron chi connectivity index (χ2n) is 4.25. The molecule has 1 rings (SSSR count). The van der Waals surface area contributed by atoms with E-state index in [9.17, 15) is 0 Å². The van der Waals surface area contributed by atoms with Crippen LogP contribution in [0.25, 0.3) is 0 Å². The van der Waals surface area contributed by atoms with Crippen LogP contribution in [0.2, 0.25) is 0 Å². The average Bonchev–Trinajstić information content (AvgIpc) is 2.39. The van der Waals surface area contributed by atoms with Gasteiger partial charge in [0.05, 0.1) is 0 Å². The summed E-state index contributed by atoms with van der Waals surface area (Å²) in [7, 11) is 0. The van der Waals surface area contributed by atoms with Gasteiger partial charge in [0.2, 0.25) is 0 Å². The van der Waals surface area contributed by atoms with Crippen LogP contribution in [-0.2, 0) is 0 Å². The third-order valence-corrected chi connectivity index (χ3v) is 4.69. The zero-order chi connectivity index (χ0) is 10.2. The van der Waals surface area contributed by atoms with Crippen molar-refractivity contribution in [2.24, 2.45) is 5.92 Å². The Kier molecular flexibility index (Phi) is 7.14. The average molecular weight is 235 g/mol. The largest absolute Gasteiger partial charge is 0.162 e. The van der Waals surface area contributed by atoms with Gasteiger partial charge in [-0.15, -0.1) is 11.6 Å². The van der Waals surface area contributed by atoms with Crippen molar-refractivity contribution in [1.29, 1.82) is 0 Å². The Labute approximate surface area is 98.2 Å². The van der Waals surface area contributed by atoms with Crippen molar-refractivity contribution in [2.45, 2.75) is 57.2 Å². The number of rotatable bonds is 5. The Morgan fingerprint density at radius 2 is 2.00 bits per heavy atom. The van der Waals surface area contributed by atoms with Gasteiger partial charge in [-0.3, -0.25) is 0 Å². The maximum absolute atomic E-state index is 6.39. The Morgan fingerprint density at radius 3 is 2.79 bits per heavy atom. The van der Waals surface area contributed by atoms with Crippen molar-refractivity contribution in [2.75, 3.05) is 11.5 Å². The van der Waals surface area contributed by atoms with Crippen LogP contribution in [0, 0.1) is 5.92 Å². The molecule has 14 heavy (non-hydrogen) atoms. The van der Waals surface area contributed by atoms with E-state index in [1.54, 1.807) is 0 Å². The van der Waals surface area contributed by atoms with Crippen molar-refractivity contribution in [3.05, 3.63) is 0 Å². The van der Waals surface area contributed by atoms with Crippen LogP contribution in [0.4, 0.5) is 0 Å². The number of hydrogen-bond acceptors (Lipinski definition) is 1. The lowest BCUT2D eigenvalue weighted by atomic mass is 9.95. The van der Waals surface area contributed by atoms with Crippen molar-refractivity contribution in [3.63, 3.8) is 0 Å². The minimum Gasteiger partial charge on any atom is -0.162 e. The molecule has 0 amide bonds. The predicted octanol–water partition coefficient (Wildman–Crippen LogP) is 4.71. The van der Waals surface area contributed by atoms with Crippen LogP contribution in [0.3, 0.4) is 0 Å². The maximum Gasteiger partial charge on any atom is 0.0364 e. The highest BCUT2D eigenvalue weighted by molar-refractivity contribution is 7.99. The van der Waals surface area contributed by atoms with Gasteiger partial charge in [0.1, 0.15) is 0 Å². The van der Waals surface area contributed by atoms with E-state index in [1.165, 1.54) is 56.5 Å². The van der Waals surface area contributed by atoms with E-state index in [0.717, 1.165) is 5.92 Å². The number of hydrogen-bond donors (Lipinski definition) is 0. The van der Waals surface area contributed by atoms with Crippen LogP contribution < -0.4 is 0 Å². The SMILES string of the molecule is CCSCCCC1CCCCCC1Cl. The zero-order valence-electron chi connectivity index (χ0n) is 9.30. The quantitative estimate of drug-likeness (QED) is 0.377. The van der Waals surface area contributed by atoms with Gasteiger partial charge in [-0.05, 0) is 43.1 Å².